The Kier molecular flexibility index (Phi) is 5.24. The quantitative estimate of drug-likeness (QED) is 0.742. The number of nitrogens with one attached hydrogen (secondary N) is 2. The lowest BCUT2D eigenvalue weighted by atomic mass is 10.2. The van der Waals surface area contributed by atoms with Gasteiger partial charge >= 0.3 is 0 Å². The predicted octanol–water partition coefficient (Wildman–Crippen LogP) is 0.495. The van der Waals surface area contributed by atoms with Gasteiger partial charge in [-0.3, -0.25) is 4.79 Å². The lowest BCUT2D eigenvalue weighted by Gasteiger charge is -2.06. The van der Waals surface area contributed by atoms with Crippen molar-refractivity contribution in [2.45, 2.75) is 6.42 Å². The van der Waals surface area contributed by atoms with Gasteiger partial charge in [-0.05, 0) is 18.6 Å². The number of carbonyl (C=O) groups excluding carboxylic acids is 1. The molecule has 1 aromatic rings. The van der Waals surface area contributed by atoms with E-state index in [2.05, 4.69) is 10.0 Å². The van der Waals surface area contributed by atoms with Gasteiger partial charge in [-0.2, -0.15) is 0 Å². The maximum atomic E-state index is 13.2. The molecule has 0 fully saturated rings. The first-order valence-electron chi connectivity index (χ1n) is 5.37. The Bertz CT molecular complexity index is 517. The summed E-state index contributed by atoms with van der Waals surface area (Å²) in [6, 6.07) is 5.67. The van der Waals surface area contributed by atoms with Crippen LogP contribution in [-0.4, -0.2) is 33.7 Å². The summed E-state index contributed by atoms with van der Waals surface area (Å²) in [5.74, 6) is -1.09. The van der Waals surface area contributed by atoms with E-state index >= 15 is 0 Å². The molecule has 5 nitrogen and oxygen atoms in total. The van der Waals surface area contributed by atoms with Crippen molar-refractivity contribution in [3.63, 3.8) is 0 Å². The molecule has 7 heteroatoms. The minimum Gasteiger partial charge on any atom is -0.352 e. The smallest absolute Gasteiger partial charge is 0.254 e. The predicted molar refractivity (Wildman–Crippen MR) is 66.2 cm³/mol. The number of carbonyl (C=O) groups is 1. The summed E-state index contributed by atoms with van der Waals surface area (Å²) < 4.78 is 37.0. The standard InChI is InChI=1S/C11H15FN2O3S/c1-18(16,17)14-8-4-7-13-11(15)9-5-2-3-6-10(9)12/h2-3,5-6,14H,4,7-8H2,1H3,(H,13,15). The molecular formula is C11H15FN2O3S. The minimum absolute atomic E-state index is 0.0198. The summed E-state index contributed by atoms with van der Waals surface area (Å²) in [6.07, 6.45) is 1.50. The second-order valence-corrected chi connectivity index (χ2v) is 5.59. The molecule has 0 bridgehead atoms. The Hall–Kier alpha value is -1.47. The monoisotopic (exact) mass is 274 g/mol. The SMILES string of the molecule is CS(=O)(=O)NCCCNC(=O)c1ccccc1F. The highest BCUT2D eigenvalue weighted by molar-refractivity contribution is 7.88. The van der Waals surface area contributed by atoms with Crippen LogP contribution in [0.15, 0.2) is 24.3 Å². The Morgan fingerprint density at radius 1 is 1.28 bits per heavy atom. The van der Waals surface area contributed by atoms with Crippen LogP contribution >= 0.6 is 0 Å². The van der Waals surface area contributed by atoms with Crippen LogP contribution in [0.3, 0.4) is 0 Å². The molecule has 1 aromatic carbocycles. The number of sulfonamides is 1. The van der Waals surface area contributed by atoms with Crippen LogP contribution in [0.2, 0.25) is 0 Å². The largest absolute Gasteiger partial charge is 0.352 e. The molecule has 1 amide bonds. The molecule has 1 rings (SSSR count). The number of halogens is 1. The maximum Gasteiger partial charge on any atom is 0.254 e. The first kappa shape index (κ1) is 14.6. The fraction of sp³-hybridized carbons (Fsp3) is 0.364. The summed E-state index contributed by atoms with van der Waals surface area (Å²) in [5.41, 5.74) is -0.0198. The zero-order valence-electron chi connectivity index (χ0n) is 9.94. The number of hydrogen-bond acceptors (Lipinski definition) is 3. The first-order valence-corrected chi connectivity index (χ1v) is 7.26. The van der Waals surface area contributed by atoms with E-state index in [9.17, 15) is 17.6 Å². The highest BCUT2D eigenvalue weighted by Crippen LogP contribution is 2.05. The van der Waals surface area contributed by atoms with Gasteiger partial charge in [-0.1, -0.05) is 12.1 Å². The van der Waals surface area contributed by atoms with Gasteiger partial charge in [-0.15, -0.1) is 0 Å². The fourth-order valence-electron chi connectivity index (χ4n) is 1.29. The minimum atomic E-state index is -3.21. The molecular weight excluding hydrogens is 259 g/mol. The summed E-state index contributed by atoms with van der Waals surface area (Å²) in [6.45, 7) is 0.506. The first-order chi connectivity index (χ1) is 8.40. The van der Waals surface area contributed by atoms with Gasteiger partial charge in [0.05, 0.1) is 11.8 Å². The van der Waals surface area contributed by atoms with Crippen molar-refractivity contribution in [2.75, 3.05) is 19.3 Å². The average molecular weight is 274 g/mol. The van der Waals surface area contributed by atoms with Crippen molar-refractivity contribution in [1.29, 1.82) is 0 Å². The molecule has 0 aliphatic heterocycles. The second-order valence-electron chi connectivity index (χ2n) is 3.76. The lowest BCUT2D eigenvalue weighted by Crippen LogP contribution is -2.29. The van der Waals surface area contributed by atoms with E-state index in [-0.39, 0.29) is 18.7 Å². The number of amides is 1. The molecule has 0 radical (unpaired) electrons. The van der Waals surface area contributed by atoms with Gasteiger partial charge in [-0.25, -0.2) is 17.5 Å². The average Bonchev–Trinajstić information content (AvgIpc) is 2.27. The molecule has 0 saturated carbocycles. The third kappa shape index (κ3) is 5.24. The van der Waals surface area contributed by atoms with E-state index in [0.717, 1.165) is 6.26 Å². The van der Waals surface area contributed by atoms with E-state index in [1.165, 1.54) is 18.2 Å². The third-order valence-corrected chi connectivity index (χ3v) is 2.85. The highest BCUT2D eigenvalue weighted by atomic mass is 32.2. The molecule has 0 heterocycles. The Balaban J connectivity index is 2.33. The molecule has 0 saturated heterocycles. The Morgan fingerprint density at radius 2 is 1.94 bits per heavy atom. The number of benzene rings is 1. The van der Waals surface area contributed by atoms with Crippen molar-refractivity contribution >= 4 is 15.9 Å². The van der Waals surface area contributed by atoms with Gasteiger partial charge in [0.25, 0.3) is 5.91 Å². The molecule has 0 aromatic heterocycles. The summed E-state index contributed by atoms with van der Waals surface area (Å²) in [7, 11) is -3.21. The van der Waals surface area contributed by atoms with Gasteiger partial charge in [0, 0.05) is 13.1 Å². The molecule has 0 spiro atoms. The zero-order valence-corrected chi connectivity index (χ0v) is 10.8. The topological polar surface area (TPSA) is 75.3 Å². The van der Waals surface area contributed by atoms with Gasteiger partial charge < -0.3 is 5.32 Å². The van der Waals surface area contributed by atoms with Crippen molar-refractivity contribution in [2.24, 2.45) is 0 Å². The molecule has 2 N–H and O–H groups in total. The van der Waals surface area contributed by atoms with Crippen LogP contribution in [-0.2, 0) is 10.0 Å². The highest BCUT2D eigenvalue weighted by Gasteiger charge is 2.09. The van der Waals surface area contributed by atoms with Crippen molar-refractivity contribution in [3.05, 3.63) is 35.6 Å². The van der Waals surface area contributed by atoms with Crippen LogP contribution in [0.25, 0.3) is 0 Å². The van der Waals surface area contributed by atoms with Gasteiger partial charge in [0.15, 0.2) is 0 Å². The lowest BCUT2D eigenvalue weighted by molar-refractivity contribution is 0.0949. The summed E-state index contributed by atoms with van der Waals surface area (Å²) >= 11 is 0. The van der Waals surface area contributed by atoms with E-state index < -0.39 is 21.7 Å². The summed E-state index contributed by atoms with van der Waals surface area (Å²) in [5, 5.41) is 2.51. The molecule has 0 aliphatic carbocycles. The number of hydrogen-bond donors (Lipinski definition) is 2. The third-order valence-electron chi connectivity index (χ3n) is 2.12. The summed E-state index contributed by atoms with van der Waals surface area (Å²) in [4.78, 5) is 11.5. The van der Waals surface area contributed by atoms with Gasteiger partial charge in [0.1, 0.15) is 5.82 Å². The zero-order chi connectivity index (χ0) is 13.6. The molecule has 0 atom stereocenters. The maximum absolute atomic E-state index is 13.2. The second kappa shape index (κ2) is 6.46. The molecule has 100 valence electrons. The molecule has 0 aliphatic rings. The van der Waals surface area contributed by atoms with Crippen LogP contribution in [0.4, 0.5) is 4.39 Å². The number of rotatable bonds is 6. The van der Waals surface area contributed by atoms with Crippen molar-refractivity contribution in [1.82, 2.24) is 10.0 Å². The van der Waals surface area contributed by atoms with Crippen molar-refractivity contribution in [3.8, 4) is 0 Å². The van der Waals surface area contributed by atoms with Crippen LogP contribution in [0.1, 0.15) is 16.8 Å². The Labute approximate surface area is 105 Å². The van der Waals surface area contributed by atoms with Crippen molar-refractivity contribution < 1.29 is 17.6 Å². The Morgan fingerprint density at radius 3 is 2.56 bits per heavy atom. The van der Waals surface area contributed by atoms with Crippen LogP contribution < -0.4 is 10.0 Å². The molecule has 18 heavy (non-hydrogen) atoms. The van der Waals surface area contributed by atoms with E-state index in [1.807, 2.05) is 0 Å². The van der Waals surface area contributed by atoms with Crippen LogP contribution in [0.5, 0.6) is 0 Å². The fourth-order valence-corrected chi connectivity index (χ4v) is 1.80. The van der Waals surface area contributed by atoms with E-state index in [1.54, 1.807) is 6.07 Å². The normalized spacial score (nSPS) is 11.2. The van der Waals surface area contributed by atoms with Gasteiger partial charge in [0.2, 0.25) is 10.0 Å². The molecule has 0 unspecified atom stereocenters. The van der Waals surface area contributed by atoms with E-state index in [4.69, 9.17) is 0 Å². The van der Waals surface area contributed by atoms with E-state index in [0.29, 0.717) is 6.42 Å². The van der Waals surface area contributed by atoms with Crippen LogP contribution in [0, 0.1) is 5.82 Å².